The molecule has 0 saturated heterocycles. The summed E-state index contributed by atoms with van der Waals surface area (Å²) in [5.74, 6) is 0.671. The average Bonchev–Trinajstić information content (AvgIpc) is 2.55. The molecule has 1 aliphatic rings. The molecule has 1 N–H and O–H groups in total. The maximum atomic E-state index is 11.6. The van der Waals surface area contributed by atoms with Gasteiger partial charge < -0.3 is 10.2 Å². The second kappa shape index (κ2) is 4.26. The Labute approximate surface area is 96.5 Å². The van der Waals surface area contributed by atoms with E-state index in [9.17, 15) is 4.79 Å². The lowest BCUT2D eigenvalue weighted by Gasteiger charge is -2.14. The van der Waals surface area contributed by atoms with E-state index in [1.165, 1.54) is 5.56 Å². The van der Waals surface area contributed by atoms with Gasteiger partial charge in [0.25, 0.3) is 0 Å². The molecule has 1 atom stereocenters. The van der Waals surface area contributed by atoms with E-state index >= 15 is 0 Å². The molecule has 0 aliphatic carbocycles. The molecule has 1 unspecified atom stereocenters. The van der Waals surface area contributed by atoms with Gasteiger partial charge in [0.2, 0.25) is 5.91 Å². The zero-order valence-corrected chi connectivity index (χ0v) is 10.1. The molecule has 0 spiro atoms. The quantitative estimate of drug-likeness (QED) is 0.834. The van der Waals surface area contributed by atoms with Gasteiger partial charge in [-0.3, -0.25) is 4.79 Å². The van der Waals surface area contributed by atoms with Crippen molar-refractivity contribution in [3.63, 3.8) is 0 Å². The van der Waals surface area contributed by atoms with Crippen molar-refractivity contribution in [3.8, 4) is 0 Å². The first-order valence-corrected chi connectivity index (χ1v) is 5.67. The summed E-state index contributed by atoms with van der Waals surface area (Å²) in [4.78, 5) is 13.3. The van der Waals surface area contributed by atoms with Gasteiger partial charge in [-0.05, 0) is 30.2 Å². The van der Waals surface area contributed by atoms with Gasteiger partial charge >= 0.3 is 0 Å². The SMILES string of the molecule is CNCC(C)c1ccc2c(c1)CC(=O)N2C. The highest BCUT2D eigenvalue weighted by molar-refractivity contribution is 6.00. The number of carbonyl (C=O) groups is 1. The fourth-order valence-electron chi connectivity index (χ4n) is 2.22. The number of fused-ring (bicyclic) bond motifs is 1. The number of likely N-dealkylation sites (N-methyl/N-ethyl adjacent to an activating group) is 2. The smallest absolute Gasteiger partial charge is 0.231 e. The summed E-state index contributed by atoms with van der Waals surface area (Å²) in [7, 11) is 3.80. The second-order valence-corrected chi connectivity index (χ2v) is 4.48. The summed E-state index contributed by atoms with van der Waals surface area (Å²) >= 11 is 0. The fourth-order valence-corrected chi connectivity index (χ4v) is 2.22. The van der Waals surface area contributed by atoms with Crippen molar-refractivity contribution < 1.29 is 4.79 Å². The van der Waals surface area contributed by atoms with E-state index in [1.54, 1.807) is 4.90 Å². The van der Waals surface area contributed by atoms with Gasteiger partial charge in [-0.1, -0.05) is 19.1 Å². The van der Waals surface area contributed by atoms with Crippen LogP contribution in [0.1, 0.15) is 24.0 Å². The molecule has 86 valence electrons. The number of anilines is 1. The number of rotatable bonds is 3. The minimum Gasteiger partial charge on any atom is -0.319 e. The third-order valence-corrected chi connectivity index (χ3v) is 3.26. The molecule has 16 heavy (non-hydrogen) atoms. The summed E-state index contributed by atoms with van der Waals surface area (Å²) in [6.45, 7) is 3.15. The Balaban J connectivity index is 2.28. The van der Waals surface area contributed by atoms with Gasteiger partial charge in [0.1, 0.15) is 0 Å². The number of hydrogen-bond donors (Lipinski definition) is 1. The zero-order chi connectivity index (χ0) is 11.7. The van der Waals surface area contributed by atoms with Crippen LogP contribution in [0.25, 0.3) is 0 Å². The van der Waals surface area contributed by atoms with Crippen molar-refractivity contribution in [2.75, 3.05) is 25.5 Å². The first-order chi connectivity index (χ1) is 7.63. The summed E-state index contributed by atoms with van der Waals surface area (Å²) < 4.78 is 0. The van der Waals surface area contributed by atoms with Crippen LogP contribution in [-0.2, 0) is 11.2 Å². The van der Waals surface area contributed by atoms with Crippen molar-refractivity contribution in [2.24, 2.45) is 0 Å². The summed E-state index contributed by atoms with van der Waals surface area (Å²) in [5, 5.41) is 3.17. The lowest BCUT2D eigenvalue weighted by molar-refractivity contribution is -0.117. The van der Waals surface area contributed by atoms with E-state index in [2.05, 4.69) is 30.4 Å². The average molecular weight is 218 g/mol. The molecule has 0 aromatic heterocycles. The van der Waals surface area contributed by atoms with Gasteiger partial charge in [-0.25, -0.2) is 0 Å². The maximum Gasteiger partial charge on any atom is 0.231 e. The first-order valence-electron chi connectivity index (χ1n) is 5.67. The lowest BCUT2D eigenvalue weighted by atomic mass is 9.98. The summed E-state index contributed by atoms with van der Waals surface area (Å²) in [6, 6.07) is 6.34. The second-order valence-electron chi connectivity index (χ2n) is 4.48. The number of carbonyl (C=O) groups excluding carboxylic acids is 1. The van der Waals surface area contributed by atoms with Crippen LogP contribution < -0.4 is 10.2 Å². The van der Waals surface area contributed by atoms with Crippen LogP contribution >= 0.6 is 0 Å². The van der Waals surface area contributed by atoms with Crippen molar-refractivity contribution >= 4 is 11.6 Å². The van der Waals surface area contributed by atoms with Crippen LogP contribution in [0.4, 0.5) is 5.69 Å². The molecule has 0 saturated carbocycles. The Morgan fingerprint density at radius 3 is 2.94 bits per heavy atom. The molecule has 1 aliphatic heterocycles. The molecule has 1 amide bonds. The molecule has 3 nitrogen and oxygen atoms in total. The van der Waals surface area contributed by atoms with Gasteiger partial charge in [-0.2, -0.15) is 0 Å². The molecule has 0 radical (unpaired) electrons. The first kappa shape index (κ1) is 11.1. The predicted octanol–water partition coefficient (Wildman–Crippen LogP) is 1.53. The largest absolute Gasteiger partial charge is 0.319 e. The third-order valence-electron chi connectivity index (χ3n) is 3.26. The Bertz CT molecular complexity index is 414. The Morgan fingerprint density at radius 2 is 2.25 bits per heavy atom. The minimum atomic E-state index is 0.188. The van der Waals surface area contributed by atoms with Crippen LogP contribution in [0.15, 0.2) is 18.2 Å². The van der Waals surface area contributed by atoms with Gasteiger partial charge in [0.15, 0.2) is 0 Å². The fraction of sp³-hybridized carbons (Fsp3) is 0.462. The van der Waals surface area contributed by atoms with E-state index in [1.807, 2.05) is 14.1 Å². The third kappa shape index (κ3) is 1.83. The summed E-state index contributed by atoms with van der Waals surface area (Å²) in [5.41, 5.74) is 3.52. The van der Waals surface area contributed by atoms with E-state index in [-0.39, 0.29) is 5.91 Å². The van der Waals surface area contributed by atoms with Crippen LogP contribution in [0.5, 0.6) is 0 Å². The molecule has 0 bridgehead atoms. The van der Waals surface area contributed by atoms with E-state index in [4.69, 9.17) is 0 Å². The van der Waals surface area contributed by atoms with Crippen LogP contribution in [-0.4, -0.2) is 26.5 Å². The van der Waals surface area contributed by atoms with Crippen molar-refractivity contribution in [3.05, 3.63) is 29.3 Å². The lowest BCUT2D eigenvalue weighted by Crippen LogP contribution is -2.20. The molecule has 3 heteroatoms. The van der Waals surface area contributed by atoms with Gasteiger partial charge in [0.05, 0.1) is 6.42 Å². The van der Waals surface area contributed by atoms with Crippen molar-refractivity contribution in [2.45, 2.75) is 19.3 Å². The highest BCUT2D eigenvalue weighted by Gasteiger charge is 2.24. The minimum absolute atomic E-state index is 0.188. The van der Waals surface area contributed by atoms with E-state index < -0.39 is 0 Å². The monoisotopic (exact) mass is 218 g/mol. The molecule has 2 rings (SSSR count). The molecule has 1 aromatic carbocycles. The topological polar surface area (TPSA) is 32.3 Å². The van der Waals surface area contributed by atoms with E-state index in [0.29, 0.717) is 12.3 Å². The number of amides is 1. The maximum absolute atomic E-state index is 11.6. The Hall–Kier alpha value is -1.35. The standard InChI is InChI=1S/C13H18N2O/c1-9(8-14-2)10-4-5-12-11(6-10)7-13(16)15(12)3/h4-6,9,14H,7-8H2,1-3H3. The Morgan fingerprint density at radius 1 is 1.50 bits per heavy atom. The molecular weight excluding hydrogens is 200 g/mol. The number of hydrogen-bond acceptors (Lipinski definition) is 2. The number of nitrogens with one attached hydrogen (secondary N) is 1. The molecular formula is C13H18N2O. The summed E-state index contributed by atoms with van der Waals surface area (Å²) in [6.07, 6.45) is 0.548. The van der Waals surface area contributed by atoms with E-state index in [0.717, 1.165) is 17.8 Å². The van der Waals surface area contributed by atoms with Gasteiger partial charge in [0, 0.05) is 19.3 Å². The highest BCUT2D eigenvalue weighted by atomic mass is 16.2. The zero-order valence-electron chi connectivity index (χ0n) is 10.1. The normalized spacial score (nSPS) is 16.4. The number of nitrogens with zero attached hydrogens (tertiary/aromatic N) is 1. The highest BCUT2D eigenvalue weighted by Crippen LogP contribution is 2.30. The van der Waals surface area contributed by atoms with Crippen molar-refractivity contribution in [1.82, 2.24) is 5.32 Å². The van der Waals surface area contributed by atoms with Crippen LogP contribution in [0, 0.1) is 0 Å². The Kier molecular flexibility index (Phi) is 2.97. The van der Waals surface area contributed by atoms with Crippen LogP contribution in [0.3, 0.4) is 0 Å². The molecule has 0 fully saturated rings. The van der Waals surface area contributed by atoms with Gasteiger partial charge in [-0.15, -0.1) is 0 Å². The predicted molar refractivity (Wildman–Crippen MR) is 65.9 cm³/mol. The van der Waals surface area contributed by atoms with Crippen LogP contribution in [0.2, 0.25) is 0 Å². The van der Waals surface area contributed by atoms with Crippen molar-refractivity contribution in [1.29, 1.82) is 0 Å². The number of benzene rings is 1. The molecule has 1 aromatic rings. The molecule has 1 heterocycles.